The van der Waals surface area contributed by atoms with Gasteiger partial charge < -0.3 is 15.2 Å². The molecule has 74 valence electrons. The van der Waals surface area contributed by atoms with Gasteiger partial charge in [0.1, 0.15) is 0 Å². The number of hydrogen-bond donors (Lipinski definition) is 3. The Balaban J connectivity index is 3.35. The molecular weight excluding hydrogens is 298 g/mol. The summed E-state index contributed by atoms with van der Waals surface area (Å²) in [5, 5.41) is 26.6. The van der Waals surface area contributed by atoms with Gasteiger partial charge in [-0.15, -0.1) is 0 Å². The first-order valence-electron chi connectivity index (χ1n) is 3.83. The zero-order chi connectivity index (χ0) is 10.9. The van der Waals surface area contributed by atoms with E-state index < -0.39 is 13.1 Å². The molecule has 0 aliphatic carbocycles. The summed E-state index contributed by atoms with van der Waals surface area (Å²) in [6.45, 7) is 1.68. The number of rotatable bonds is 2. The molecule has 4 nitrogen and oxygen atoms in total. The fraction of sp³-hybridized carbons (Fsp3) is 0.125. The average molecular weight is 306 g/mol. The second-order valence-electron chi connectivity index (χ2n) is 2.85. The maximum atomic E-state index is 10.8. The maximum Gasteiger partial charge on any atom is 0.488 e. The summed E-state index contributed by atoms with van der Waals surface area (Å²) in [5.74, 6) is -1.07. The summed E-state index contributed by atoms with van der Waals surface area (Å²) in [4.78, 5) is 10.8. The van der Waals surface area contributed by atoms with Crippen LogP contribution in [-0.2, 0) is 0 Å². The molecule has 0 aromatic heterocycles. The number of hydrogen-bond acceptors (Lipinski definition) is 3. The smallest absolute Gasteiger partial charge is 0.478 e. The Morgan fingerprint density at radius 3 is 2.43 bits per heavy atom. The molecule has 0 heterocycles. The lowest BCUT2D eigenvalue weighted by Gasteiger charge is -2.07. The van der Waals surface area contributed by atoms with E-state index >= 15 is 0 Å². The highest BCUT2D eigenvalue weighted by molar-refractivity contribution is 14.1. The SMILES string of the molecule is Cc1c(I)cc(B(O)O)cc1C(=O)O. The number of aromatic carboxylic acids is 1. The quantitative estimate of drug-likeness (QED) is 0.530. The molecule has 0 radical (unpaired) electrons. The number of carboxylic acid groups (broad SMARTS) is 1. The molecule has 1 aromatic rings. The maximum absolute atomic E-state index is 10.8. The van der Waals surface area contributed by atoms with Crippen molar-refractivity contribution in [2.24, 2.45) is 0 Å². The lowest BCUT2D eigenvalue weighted by Crippen LogP contribution is -2.31. The molecule has 1 aromatic carbocycles. The van der Waals surface area contributed by atoms with Crippen LogP contribution in [0.5, 0.6) is 0 Å². The van der Waals surface area contributed by atoms with Gasteiger partial charge in [-0.2, -0.15) is 0 Å². The predicted molar refractivity (Wildman–Crippen MR) is 60.7 cm³/mol. The summed E-state index contributed by atoms with van der Waals surface area (Å²) in [6.07, 6.45) is 0. The fourth-order valence-corrected chi connectivity index (χ4v) is 1.72. The van der Waals surface area contributed by atoms with Crippen LogP contribution in [0.1, 0.15) is 15.9 Å². The van der Waals surface area contributed by atoms with Crippen LogP contribution in [-0.4, -0.2) is 28.2 Å². The first-order valence-corrected chi connectivity index (χ1v) is 4.91. The molecule has 0 fully saturated rings. The van der Waals surface area contributed by atoms with Crippen molar-refractivity contribution in [3.63, 3.8) is 0 Å². The van der Waals surface area contributed by atoms with Crippen LogP contribution in [0.3, 0.4) is 0 Å². The van der Waals surface area contributed by atoms with Gasteiger partial charge in [-0.3, -0.25) is 0 Å². The average Bonchev–Trinajstić information content (AvgIpc) is 2.08. The molecule has 0 aliphatic rings. The third-order valence-electron chi connectivity index (χ3n) is 1.90. The van der Waals surface area contributed by atoms with E-state index in [1.807, 2.05) is 22.6 Å². The van der Waals surface area contributed by atoms with Crippen molar-refractivity contribution in [3.05, 3.63) is 26.8 Å². The number of carboxylic acids is 1. The van der Waals surface area contributed by atoms with E-state index in [4.69, 9.17) is 15.2 Å². The van der Waals surface area contributed by atoms with Gasteiger partial charge in [0, 0.05) is 3.57 Å². The van der Waals surface area contributed by atoms with E-state index in [-0.39, 0.29) is 11.0 Å². The largest absolute Gasteiger partial charge is 0.488 e. The molecule has 0 saturated carbocycles. The topological polar surface area (TPSA) is 77.8 Å². The monoisotopic (exact) mass is 306 g/mol. The molecule has 0 aliphatic heterocycles. The van der Waals surface area contributed by atoms with Gasteiger partial charge in [-0.05, 0) is 52.7 Å². The van der Waals surface area contributed by atoms with Crippen molar-refractivity contribution < 1.29 is 19.9 Å². The van der Waals surface area contributed by atoms with Gasteiger partial charge in [0.05, 0.1) is 5.56 Å². The summed E-state index contributed by atoms with van der Waals surface area (Å²) < 4.78 is 0.700. The second-order valence-corrected chi connectivity index (χ2v) is 4.02. The number of halogens is 1. The van der Waals surface area contributed by atoms with Crippen molar-refractivity contribution in [2.45, 2.75) is 6.92 Å². The highest BCUT2D eigenvalue weighted by Gasteiger charge is 2.17. The summed E-state index contributed by atoms with van der Waals surface area (Å²) in [6, 6.07) is 2.82. The van der Waals surface area contributed by atoms with Crippen LogP contribution in [0.2, 0.25) is 0 Å². The zero-order valence-electron chi connectivity index (χ0n) is 7.36. The Bertz CT molecular complexity index is 378. The van der Waals surface area contributed by atoms with E-state index in [9.17, 15) is 4.79 Å². The minimum Gasteiger partial charge on any atom is -0.478 e. The molecule has 0 unspecified atom stereocenters. The highest BCUT2D eigenvalue weighted by atomic mass is 127. The summed E-state index contributed by atoms with van der Waals surface area (Å²) in [5.41, 5.74) is 0.917. The van der Waals surface area contributed by atoms with Crippen LogP contribution in [0.25, 0.3) is 0 Å². The summed E-state index contributed by atoms with van der Waals surface area (Å²) in [7, 11) is -1.64. The Labute approximate surface area is 94.9 Å². The number of benzene rings is 1. The van der Waals surface area contributed by atoms with Gasteiger partial charge >= 0.3 is 13.1 Å². The minimum absolute atomic E-state index is 0.0972. The Morgan fingerprint density at radius 2 is 2.00 bits per heavy atom. The lowest BCUT2D eigenvalue weighted by atomic mass is 9.79. The van der Waals surface area contributed by atoms with Crippen LogP contribution >= 0.6 is 22.6 Å². The molecule has 0 saturated heterocycles. The molecule has 0 atom stereocenters. The van der Waals surface area contributed by atoms with Crippen LogP contribution in [0.4, 0.5) is 0 Å². The van der Waals surface area contributed by atoms with Gasteiger partial charge in [0.25, 0.3) is 0 Å². The van der Waals surface area contributed by atoms with Crippen molar-refractivity contribution in [2.75, 3.05) is 0 Å². The van der Waals surface area contributed by atoms with E-state index in [0.717, 1.165) is 0 Å². The zero-order valence-corrected chi connectivity index (χ0v) is 9.52. The second kappa shape index (κ2) is 4.29. The summed E-state index contributed by atoms with van der Waals surface area (Å²) >= 11 is 1.96. The van der Waals surface area contributed by atoms with E-state index in [1.54, 1.807) is 13.0 Å². The Hall–Kier alpha value is -0.595. The van der Waals surface area contributed by atoms with Gasteiger partial charge in [-0.25, -0.2) is 4.79 Å². The third-order valence-corrected chi connectivity index (χ3v) is 3.02. The molecule has 0 spiro atoms. The molecule has 0 bridgehead atoms. The van der Waals surface area contributed by atoms with Crippen molar-refractivity contribution in [1.29, 1.82) is 0 Å². The van der Waals surface area contributed by atoms with E-state index in [0.29, 0.717) is 9.13 Å². The Kier molecular flexibility index (Phi) is 3.51. The minimum atomic E-state index is -1.64. The standard InChI is InChI=1S/C8H8BIO4/c1-4-6(8(11)12)2-5(9(13)14)3-7(4)10/h2-3,13-14H,1H3,(H,11,12). The first-order chi connectivity index (χ1) is 6.43. The number of carbonyl (C=O) groups is 1. The first kappa shape index (κ1) is 11.5. The van der Waals surface area contributed by atoms with Gasteiger partial charge in [-0.1, -0.05) is 0 Å². The normalized spacial score (nSPS) is 10.0. The van der Waals surface area contributed by atoms with Crippen molar-refractivity contribution in [1.82, 2.24) is 0 Å². The highest BCUT2D eigenvalue weighted by Crippen LogP contribution is 2.14. The van der Waals surface area contributed by atoms with Crippen molar-refractivity contribution >= 4 is 41.1 Å². The van der Waals surface area contributed by atoms with Gasteiger partial charge in [0.15, 0.2) is 0 Å². The van der Waals surface area contributed by atoms with Gasteiger partial charge in [0.2, 0.25) is 0 Å². The molecular formula is C8H8BIO4. The molecule has 6 heteroatoms. The molecule has 0 amide bonds. The lowest BCUT2D eigenvalue weighted by molar-refractivity contribution is 0.0696. The Morgan fingerprint density at radius 1 is 1.43 bits per heavy atom. The van der Waals surface area contributed by atoms with E-state index in [1.165, 1.54) is 6.07 Å². The van der Waals surface area contributed by atoms with Crippen LogP contribution in [0, 0.1) is 10.5 Å². The molecule has 1 rings (SSSR count). The van der Waals surface area contributed by atoms with E-state index in [2.05, 4.69) is 0 Å². The third kappa shape index (κ3) is 2.25. The molecule has 3 N–H and O–H groups in total. The molecule has 14 heavy (non-hydrogen) atoms. The fourth-order valence-electron chi connectivity index (χ4n) is 1.07. The predicted octanol–water partition coefficient (Wildman–Crippen LogP) is -0.0224. The van der Waals surface area contributed by atoms with Crippen molar-refractivity contribution in [3.8, 4) is 0 Å². The van der Waals surface area contributed by atoms with Crippen LogP contribution < -0.4 is 5.46 Å². The van der Waals surface area contributed by atoms with Crippen LogP contribution in [0.15, 0.2) is 12.1 Å².